The van der Waals surface area contributed by atoms with Gasteiger partial charge in [0.25, 0.3) is 0 Å². The van der Waals surface area contributed by atoms with Crippen molar-refractivity contribution in [3.8, 4) is 0 Å². The molecular formula is C12H20N2O4. The third-order valence-corrected chi connectivity index (χ3v) is 2.96. The molecule has 1 unspecified atom stereocenters. The van der Waals surface area contributed by atoms with Gasteiger partial charge >= 0.3 is 5.97 Å². The van der Waals surface area contributed by atoms with E-state index in [2.05, 4.69) is 0 Å². The van der Waals surface area contributed by atoms with E-state index in [4.69, 9.17) is 5.11 Å². The van der Waals surface area contributed by atoms with Crippen LogP contribution in [0.4, 0.5) is 0 Å². The van der Waals surface area contributed by atoms with Crippen LogP contribution in [0.1, 0.15) is 33.1 Å². The monoisotopic (exact) mass is 256 g/mol. The van der Waals surface area contributed by atoms with E-state index in [1.54, 1.807) is 4.90 Å². The third kappa shape index (κ3) is 3.29. The molecule has 1 atom stereocenters. The van der Waals surface area contributed by atoms with Crippen LogP contribution in [0.2, 0.25) is 0 Å². The molecule has 0 aromatic rings. The zero-order valence-corrected chi connectivity index (χ0v) is 10.9. The molecule has 102 valence electrons. The normalized spacial score (nSPS) is 19.9. The summed E-state index contributed by atoms with van der Waals surface area (Å²) < 4.78 is 0. The lowest BCUT2D eigenvalue weighted by molar-refractivity contribution is -0.141. The lowest BCUT2D eigenvalue weighted by atomic mass is 10.2. The van der Waals surface area contributed by atoms with Gasteiger partial charge in [0, 0.05) is 6.54 Å². The topological polar surface area (TPSA) is 77.9 Å². The highest BCUT2D eigenvalue weighted by molar-refractivity contribution is 6.05. The Kier molecular flexibility index (Phi) is 5.27. The summed E-state index contributed by atoms with van der Waals surface area (Å²) in [4.78, 5) is 37.4. The first-order valence-corrected chi connectivity index (χ1v) is 6.31. The number of imide groups is 1. The maximum Gasteiger partial charge on any atom is 0.317 e. The van der Waals surface area contributed by atoms with Gasteiger partial charge < -0.3 is 5.11 Å². The van der Waals surface area contributed by atoms with Crippen LogP contribution < -0.4 is 0 Å². The molecule has 0 spiro atoms. The Bertz CT molecular complexity index is 343. The number of likely N-dealkylation sites (tertiary alicyclic amines) is 1. The number of rotatable bonds is 7. The largest absolute Gasteiger partial charge is 0.480 e. The van der Waals surface area contributed by atoms with E-state index in [0.29, 0.717) is 13.1 Å². The molecule has 1 N–H and O–H groups in total. The molecule has 6 heteroatoms. The fourth-order valence-corrected chi connectivity index (χ4v) is 2.22. The van der Waals surface area contributed by atoms with Gasteiger partial charge in [-0.2, -0.15) is 0 Å². The molecule has 2 amide bonds. The predicted molar refractivity (Wildman–Crippen MR) is 64.9 cm³/mol. The Morgan fingerprint density at radius 2 is 2.06 bits per heavy atom. The van der Waals surface area contributed by atoms with Crippen LogP contribution in [0.3, 0.4) is 0 Å². The molecule has 1 aliphatic rings. The summed E-state index contributed by atoms with van der Waals surface area (Å²) in [5.74, 6) is -1.42. The van der Waals surface area contributed by atoms with E-state index in [0.717, 1.165) is 12.8 Å². The highest BCUT2D eigenvalue weighted by atomic mass is 16.4. The van der Waals surface area contributed by atoms with Crippen molar-refractivity contribution in [2.75, 3.05) is 19.6 Å². The van der Waals surface area contributed by atoms with E-state index >= 15 is 0 Å². The molecule has 1 fully saturated rings. The van der Waals surface area contributed by atoms with E-state index < -0.39 is 12.0 Å². The van der Waals surface area contributed by atoms with Gasteiger partial charge in [-0.15, -0.1) is 0 Å². The van der Waals surface area contributed by atoms with Gasteiger partial charge in [0.05, 0.1) is 19.0 Å². The van der Waals surface area contributed by atoms with Gasteiger partial charge in [0.1, 0.15) is 0 Å². The number of carboxylic acid groups (broad SMARTS) is 1. The Labute approximate surface area is 107 Å². The maximum absolute atomic E-state index is 12.1. The second-order valence-corrected chi connectivity index (χ2v) is 4.47. The van der Waals surface area contributed by atoms with Gasteiger partial charge in [-0.3, -0.25) is 24.2 Å². The number of carbonyl (C=O) groups is 3. The van der Waals surface area contributed by atoms with Crippen LogP contribution in [-0.2, 0) is 14.4 Å². The minimum Gasteiger partial charge on any atom is -0.480 e. The average Bonchev–Trinajstić information content (AvgIpc) is 2.56. The third-order valence-electron chi connectivity index (χ3n) is 2.96. The first-order valence-electron chi connectivity index (χ1n) is 6.31. The fraction of sp³-hybridized carbons (Fsp3) is 0.750. The number of carbonyl (C=O) groups excluding carboxylic acids is 2. The number of hydrogen-bond donors (Lipinski definition) is 1. The minimum atomic E-state index is -0.974. The van der Waals surface area contributed by atoms with Crippen molar-refractivity contribution in [1.82, 2.24) is 9.80 Å². The number of amides is 2. The molecular weight excluding hydrogens is 236 g/mol. The Balaban J connectivity index is 2.77. The fourth-order valence-electron chi connectivity index (χ4n) is 2.22. The van der Waals surface area contributed by atoms with Crippen molar-refractivity contribution in [3.63, 3.8) is 0 Å². The van der Waals surface area contributed by atoms with Crippen molar-refractivity contribution in [2.24, 2.45) is 0 Å². The molecule has 1 aliphatic heterocycles. The lowest BCUT2D eigenvalue weighted by Gasteiger charge is -2.24. The van der Waals surface area contributed by atoms with E-state index in [1.807, 2.05) is 13.8 Å². The zero-order chi connectivity index (χ0) is 13.7. The van der Waals surface area contributed by atoms with Crippen molar-refractivity contribution in [1.29, 1.82) is 0 Å². The molecule has 1 heterocycles. The van der Waals surface area contributed by atoms with Crippen LogP contribution in [0.15, 0.2) is 0 Å². The molecule has 1 rings (SSSR count). The average molecular weight is 256 g/mol. The molecule has 6 nitrogen and oxygen atoms in total. The summed E-state index contributed by atoms with van der Waals surface area (Å²) in [6.07, 6.45) is 1.57. The predicted octanol–water partition coefficient (Wildman–Crippen LogP) is 0.320. The van der Waals surface area contributed by atoms with Crippen LogP contribution in [0, 0.1) is 0 Å². The molecule has 0 radical (unpaired) electrons. The van der Waals surface area contributed by atoms with Gasteiger partial charge in [-0.25, -0.2) is 0 Å². The quantitative estimate of drug-likeness (QED) is 0.664. The van der Waals surface area contributed by atoms with Crippen LogP contribution in [0.5, 0.6) is 0 Å². The summed E-state index contributed by atoms with van der Waals surface area (Å²) in [7, 11) is 0. The first-order chi connectivity index (χ1) is 8.51. The van der Waals surface area contributed by atoms with Gasteiger partial charge in [-0.1, -0.05) is 13.8 Å². The summed E-state index contributed by atoms with van der Waals surface area (Å²) >= 11 is 0. The second kappa shape index (κ2) is 6.49. The SMILES string of the molecule is CCCN1C(=O)CC(N(CCC)CC(=O)O)C1=O. The van der Waals surface area contributed by atoms with E-state index in [9.17, 15) is 14.4 Å². The second-order valence-electron chi connectivity index (χ2n) is 4.47. The van der Waals surface area contributed by atoms with Gasteiger partial charge in [-0.05, 0) is 19.4 Å². The molecule has 1 saturated heterocycles. The summed E-state index contributed by atoms with van der Waals surface area (Å²) in [6.45, 7) is 4.55. The summed E-state index contributed by atoms with van der Waals surface area (Å²) in [5.41, 5.74) is 0. The van der Waals surface area contributed by atoms with Crippen LogP contribution in [-0.4, -0.2) is 58.4 Å². The van der Waals surface area contributed by atoms with E-state index in [-0.39, 0.29) is 24.8 Å². The van der Waals surface area contributed by atoms with Crippen LogP contribution >= 0.6 is 0 Å². The smallest absolute Gasteiger partial charge is 0.317 e. The van der Waals surface area contributed by atoms with Crippen molar-refractivity contribution in [3.05, 3.63) is 0 Å². The Hall–Kier alpha value is -1.43. The molecule has 0 aromatic carbocycles. The van der Waals surface area contributed by atoms with Gasteiger partial charge in [0.2, 0.25) is 11.8 Å². The highest BCUT2D eigenvalue weighted by Crippen LogP contribution is 2.19. The molecule has 0 saturated carbocycles. The van der Waals surface area contributed by atoms with Crippen molar-refractivity contribution < 1.29 is 19.5 Å². The maximum atomic E-state index is 12.1. The molecule has 18 heavy (non-hydrogen) atoms. The molecule has 0 aromatic heterocycles. The zero-order valence-electron chi connectivity index (χ0n) is 10.9. The molecule has 0 aliphatic carbocycles. The van der Waals surface area contributed by atoms with Crippen molar-refractivity contribution >= 4 is 17.8 Å². The molecule has 0 bridgehead atoms. The Morgan fingerprint density at radius 3 is 2.56 bits per heavy atom. The van der Waals surface area contributed by atoms with E-state index in [1.165, 1.54) is 4.90 Å². The van der Waals surface area contributed by atoms with Crippen molar-refractivity contribution in [2.45, 2.75) is 39.2 Å². The number of nitrogens with zero attached hydrogens (tertiary/aromatic N) is 2. The number of aliphatic carboxylic acids is 1. The van der Waals surface area contributed by atoms with Gasteiger partial charge in [0.15, 0.2) is 0 Å². The Morgan fingerprint density at radius 1 is 1.39 bits per heavy atom. The standard InChI is InChI=1S/C12H20N2O4/c1-3-5-13(8-11(16)17)9-7-10(15)14(6-4-2)12(9)18/h9H,3-8H2,1-2H3,(H,16,17). The summed E-state index contributed by atoms with van der Waals surface area (Å²) in [5, 5.41) is 8.84. The highest BCUT2D eigenvalue weighted by Gasteiger charge is 2.41. The number of hydrogen-bond acceptors (Lipinski definition) is 4. The first kappa shape index (κ1) is 14.6. The minimum absolute atomic E-state index is 0.103. The summed E-state index contributed by atoms with van der Waals surface area (Å²) in [6, 6.07) is -0.597. The number of carboxylic acids is 1. The lowest BCUT2D eigenvalue weighted by Crippen LogP contribution is -2.44. The van der Waals surface area contributed by atoms with Crippen LogP contribution in [0.25, 0.3) is 0 Å².